The van der Waals surface area contributed by atoms with E-state index in [0.717, 1.165) is 5.56 Å². The van der Waals surface area contributed by atoms with Gasteiger partial charge in [-0.15, -0.1) is 0 Å². The molecule has 0 aliphatic heterocycles. The number of aliphatic hydroxyl groups excluding tert-OH is 1. The molecule has 1 heterocycles. The maximum absolute atomic E-state index is 12.4. The maximum Gasteiger partial charge on any atom is 0.255 e. The second-order valence-electron chi connectivity index (χ2n) is 5.31. The molecule has 0 spiro atoms. The first kappa shape index (κ1) is 16.2. The van der Waals surface area contributed by atoms with Gasteiger partial charge in [0.15, 0.2) is 0 Å². The lowest BCUT2D eigenvalue weighted by atomic mass is 10.1. The number of aromatic nitrogens is 2. The van der Waals surface area contributed by atoms with Crippen LogP contribution in [0.4, 0.5) is 0 Å². The lowest BCUT2D eigenvalue weighted by Gasteiger charge is -2.12. The van der Waals surface area contributed by atoms with E-state index in [2.05, 4.69) is 15.5 Å². The summed E-state index contributed by atoms with van der Waals surface area (Å²) in [6.07, 6.45) is 0.642. The summed E-state index contributed by atoms with van der Waals surface area (Å²) in [5.74, 6) is -0.302. The van der Waals surface area contributed by atoms with Gasteiger partial charge in [-0.2, -0.15) is 5.10 Å². The molecule has 122 valence electrons. The van der Waals surface area contributed by atoms with Gasteiger partial charge in [-0.25, -0.2) is 0 Å². The molecule has 24 heavy (non-hydrogen) atoms. The fourth-order valence-corrected chi connectivity index (χ4v) is 2.60. The van der Waals surface area contributed by atoms with E-state index in [9.17, 15) is 9.90 Å². The summed E-state index contributed by atoms with van der Waals surface area (Å²) in [4.78, 5) is 12.4. The molecule has 0 aliphatic rings. The number of nitrogens with zero attached hydrogens (tertiary/aromatic N) is 1. The van der Waals surface area contributed by atoms with E-state index >= 15 is 0 Å². The average Bonchev–Trinajstić information content (AvgIpc) is 3.10. The third kappa shape index (κ3) is 3.64. The molecular weight excluding hydrogens is 326 g/mol. The van der Waals surface area contributed by atoms with Gasteiger partial charge in [-0.1, -0.05) is 54.1 Å². The van der Waals surface area contributed by atoms with Crippen LogP contribution in [0.25, 0.3) is 11.3 Å². The molecule has 6 heteroatoms. The second kappa shape index (κ2) is 7.29. The second-order valence-corrected chi connectivity index (χ2v) is 5.74. The zero-order valence-electron chi connectivity index (χ0n) is 12.7. The summed E-state index contributed by atoms with van der Waals surface area (Å²) >= 11 is 5.91. The molecule has 0 radical (unpaired) electrons. The highest BCUT2D eigenvalue weighted by Gasteiger charge is 2.16. The highest BCUT2D eigenvalue weighted by Crippen LogP contribution is 2.21. The number of halogens is 1. The van der Waals surface area contributed by atoms with Crippen LogP contribution in [0.5, 0.6) is 0 Å². The Labute approximate surface area is 144 Å². The van der Waals surface area contributed by atoms with Gasteiger partial charge < -0.3 is 10.4 Å². The molecule has 1 atom stereocenters. The third-order valence-corrected chi connectivity index (χ3v) is 3.87. The fraction of sp³-hybridized carbons (Fsp3) is 0.111. The first-order valence-corrected chi connectivity index (χ1v) is 7.83. The van der Waals surface area contributed by atoms with Gasteiger partial charge in [0, 0.05) is 17.1 Å². The minimum Gasteiger partial charge on any atom is -0.387 e. The van der Waals surface area contributed by atoms with E-state index in [1.54, 1.807) is 24.3 Å². The SMILES string of the molecule is O=C(NC[C@@H](O)c1cccc(Cl)c1)c1cn[nH]c1-c1ccccc1. The monoisotopic (exact) mass is 341 g/mol. The van der Waals surface area contributed by atoms with E-state index in [0.29, 0.717) is 21.8 Å². The minimum absolute atomic E-state index is 0.0819. The predicted molar refractivity (Wildman–Crippen MR) is 92.8 cm³/mol. The van der Waals surface area contributed by atoms with E-state index in [4.69, 9.17) is 11.6 Å². The molecule has 0 saturated heterocycles. The number of amides is 1. The number of carbonyl (C=O) groups excluding carboxylic acids is 1. The number of rotatable bonds is 5. The Morgan fingerprint density at radius 1 is 1.21 bits per heavy atom. The highest BCUT2D eigenvalue weighted by molar-refractivity contribution is 6.30. The molecule has 3 N–H and O–H groups in total. The lowest BCUT2D eigenvalue weighted by Crippen LogP contribution is -2.28. The van der Waals surface area contributed by atoms with Crippen LogP contribution in [0.2, 0.25) is 5.02 Å². The molecule has 0 unspecified atom stereocenters. The van der Waals surface area contributed by atoms with Crippen molar-refractivity contribution in [2.45, 2.75) is 6.10 Å². The van der Waals surface area contributed by atoms with Crippen LogP contribution < -0.4 is 5.32 Å². The van der Waals surface area contributed by atoms with Crippen molar-refractivity contribution in [2.24, 2.45) is 0 Å². The Bertz CT molecular complexity index is 833. The number of H-pyrrole nitrogens is 1. The number of hydrogen-bond acceptors (Lipinski definition) is 3. The number of aromatic amines is 1. The zero-order chi connectivity index (χ0) is 16.9. The van der Waals surface area contributed by atoms with Crippen LogP contribution in [0.3, 0.4) is 0 Å². The van der Waals surface area contributed by atoms with Crippen LogP contribution in [-0.4, -0.2) is 27.8 Å². The van der Waals surface area contributed by atoms with Gasteiger partial charge >= 0.3 is 0 Å². The van der Waals surface area contributed by atoms with Crippen molar-refractivity contribution in [3.8, 4) is 11.3 Å². The Hall–Kier alpha value is -2.63. The first-order chi connectivity index (χ1) is 11.6. The molecule has 1 aromatic heterocycles. The van der Waals surface area contributed by atoms with E-state index in [1.165, 1.54) is 6.20 Å². The van der Waals surface area contributed by atoms with Gasteiger partial charge in [0.25, 0.3) is 5.91 Å². The van der Waals surface area contributed by atoms with Crippen LogP contribution in [-0.2, 0) is 0 Å². The van der Waals surface area contributed by atoms with Crippen molar-refractivity contribution in [1.29, 1.82) is 0 Å². The Kier molecular flexibility index (Phi) is 4.93. The third-order valence-electron chi connectivity index (χ3n) is 3.64. The maximum atomic E-state index is 12.4. The molecule has 5 nitrogen and oxygen atoms in total. The summed E-state index contributed by atoms with van der Waals surface area (Å²) in [5.41, 5.74) is 2.60. The minimum atomic E-state index is -0.834. The van der Waals surface area contributed by atoms with Crippen LogP contribution in [0, 0.1) is 0 Å². The standard InChI is InChI=1S/C18H16ClN3O2/c19-14-8-4-7-13(9-14)16(23)11-20-18(24)15-10-21-22-17(15)12-5-2-1-3-6-12/h1-10,16,23H,11H2,(H,20,24)(H,21,22)/t16-/m1/s1. The van der Waals surface area contributed by atoms with Gasteiger partial charge in [-0.3, -0.25) is 9.89 Å². The van der Waals surface area contributed by atoms with Crippen molar-refractivity contribution < 1.29 is 9.90 Å². The summed E-state index contributed by atoms with van der Waals surface area (Å²) in [6, 6.07) is 16.4. The quantitative estimate of drug-likeness (QED) is 0.667. The topological polar surface area (TPSA) is 78.0 Å². The molecular formula is C18H16ClN3O2. The molecule has 1 amide bonds. The molecule has 0 aliphatic carbocycles. The summed E-state index contributed by atoms with van der Waals surface area (Å²) in [6.45, 7) is 0.0819. The van der Waals surface area contributed by atoms with Gasteiger partial charge in [-0.05, 0) is 17.7 Å². The number of nitrogens with one attached hydrogen (secondary N) is 2. The van der Waals surface area contributed by atoms with Crippen molar-refractivity contribution in [3.05, 3.63) is 76.9 Å². The lowest BCUT2D eigenvalue weighted by molar-refractivity contribution is 0.0917. The highest BCUT2D eigenvalue weighted by atomic mass is 35.5. The Balaban J connectivity index is 1.69. The van der Waals surface area contributed by atoms with E-state index in [-0.39, 0.29) is 12.5 Å². The average molecular weight is 342 g/mol. The van der Waals surface area contributed by atoms with Crippen LogP contribution >= 0.6 is 11.6 Å². The van der Waals surface area contributed by atoms with Crippen molar-refractivity contribution in [1.82, 2.24) is 15.5 Å². The number of carbonyl (C=O) groups is 1. The first-order valence-electron chi connectivity index (χ1n) is 7.45. The van der Waals surface area contributed by atoms with E-state index in [1.807, 2.05) is 30.3 Å². The van der Waals surface area contributed by atoms with Gasteiger partial charge in [0.2, 0.25) is 0 Å². The largest absolute Gasteiger partial charge is 0.387 e. The van der Waals surface area contributed by atoms with Gasteiger partial charge in [0.1, 0.15) is 0 Å². The molecule has 0 bridgehead atoms. The molecule has 3 rings (SSSR count). The van der Waals surface area contributed by atoms with E-state index < -0.39 is 6.10 Å². The normalized spacial score (nSPS) is 11.9. The Morgan fingerprint density at radius 2 is 2.00 bits per heavy atom. The molecule has 2 aromatic carbocycles. The van der Waals surface area contributed by atoms with Crippen LogP contribution in [0.15, 0.2) is 60.8 Å². The smallest absolute Gasteiger partial charge is 0.255 e. The summed E-state index contributed by atoms with van der Waals surface area (Å²) < 4.78 is 0. The van der Waals surface area contributed by atoms with Crippen molar-refractivity contribution >= 4 is 17.5 Å². The molecule has 3 aromatic rings. The zero-order valence-corrected chi connectivity index (χ0v) is 13.5. The van der Waals surface area contributed by atoms with Crippen molar-refractivity contribution in [3.63, 3.8) is 0 Å². The number of benzene rings is 2. The van der Waals surface area contributed by atoms with Crippen molar-refractivity contribution in [2.75, 3.05) is 6.54 Å². The van der Waals surface area contributed by atoms with Gasteiger partial charge in [0.05, 0.1) is 23.6 Å². The fourth-order valence-electron chi connectivity index (χ4n) is 2.40. The summed E-state index contributed by atoms with van der Waals surface area (Å²) in [5, 5.41) is 20.2. The molecule has 0 saturated carbocycles. The number of aliphatic hydroxyl groups is 1. The summed E-state index contributed by atoms with van der Waals surface area (Å²) in [7, 11) is 0. The van der Waals surface area contributed by atoms with Crippen LogP contribution in [0.1, 0.15) is 22.0 Å². The Morgan fingerprint density at radius 3 is 2.75 bits per heavy atom. The number of hydrogen-bond donors (Lipinski definition) is 3. The molecule has 0 fully saturated rings. The predicted octanol–water partition coefficient (Wildman–Crippen LogP) is 3.19.